The molecule has 0 aliphatic carbocycles. The van der Waals surface area contributed by atoms with Crippen LogP contribution in [-0.2, 0) is 12.0 Å². The molecule has 0 fully saturated rings. The number of ether oxygens (including phenoxy) is 1. The molecular weight excluding hydrogens is 244 g/mol. The van der Waals surface area contributed by atoms with Crippen LogP contribution in [0.15, 0.2) is 54.6 Å². The molecule has 0 amide bonds. The van der Waals surface area contributed by atoms with E-state index >= 15 is 0 Å². The lowest BCUT2D eigenvalue weighted by Crippen LogP contribution is -2.25. The lowest BCUT2D eigenvalue weighted by Gasteiger charge is -2.31. The van der Waals surface area contributed by atoms with Crippen LogP contribution < -0.4 is 4.74 Å². The van der Waals surface area contributed by atoms with Crippen LogP contribution in [0, 0.1) is 5.92 Å². The van der Waals surface area contributed by atoms with Gasteiger partial charge in [0.15, 0.2) is 0 Å². The van der Waals surface area contributed by atoms with Gasteiger partial charge in [0, 0.05) is 5.56 Å². The molecule has 1 heteroatoms. The summed E-state index contributed by atoms with van der Waals surface area (Å²) < 4.78 is 6.06. The summed E-state index contributed by atoms with van der Waals surface area (Å²) in [6, 6.07) is 18.7. The predicted molar refractivity (Wildman–Crippen MR) is 85.1 cm³/mol. The highest BCUT2D eigenvalue weighted by Crippen LogP contribution is 2.37. The molecule has 0 bridgehead atoms. The standard InChI is InChI=1S/C19H24O/c1-15(2)19(3,4)17-12-8-9-13-18(17)20-14-16-10-6-5-7-11-16/h5-13,15H,14H2,1-4H3. The van der Waals surface area contributed by atoms with E-state index in [9.17, 15) is 0 Å². The zero-order chi connectivity index (χ0) is 14.6. The van der Waals surface area contributed by atoms with Crippen LogP contribution in [-0.4, -0.2) is 0 Å². The molecule has 2 rings (SSSR count). The zero-order valence-corrected chi connectivity index (χ0v) is 12.9. The first-order valence-electron chi connectivity index (χ1n) is 7.28. The van der Waals surface area contributed by atoms with Gasteiger partial charge in [0.1, 0.15) is 12.4 Å². The van der Waals surface area contributed by atoms with Crippen LogP contribution in [0.25, 0.3) is 0 Å². The Bertz CT molecular complexity index is 541. The lowest BCUT2D eigenvalue weighted by atomic mass is 9.75. The number of rotatable bonds is 5. The van der Waals surface area contributed by atoms with Gasteiger partial charge in [-0.25, -0.2) is 0 Å². The van der Waals surface area contributed by atoms with Crippen molar-refractivity contribution in [1.29, 1.82) is 0 Å². The van der Waals surface area contributed by atoms with Gasteiger partial charge in [-0.15, -0.1) is 0 Å². The molecule has 0 aliphatic rings. The first kappa shape index (κ1) is 14.6. The Morgan fingerprint density at radius 3 is 2.15 bits per heavy atom. The molecule has 0 atom stereocenters. The van der Waals surface area contributed by atoms with Gasteiger partial charge in [-0.3, -0.25) is 0 Å². The SMILES string of the molecule is CC(C)C(C)(C)c1ccccc1OCc1ccccc1. The first-order chi connectivity index (χ1) is 9.51. The highest BCUT2D eigenvalue weighted by Gasteiger charge is 2.27. The third kappa shape index (κ3) is 3.22. The zero-order valence-electron chi connectivity index (χ0n) is 12.9. The van der Waals surface area contributed by atoms with Crippen molar-refractivity contribution in [2.24, 2.45) is 5.92 Å². The third-order valence-corrected chi connectivity index (χ3v) is 4.26. The van der Waals surface area contributed by atoms with E-state index in [1.54, 1.807) is 0 Å². The minimum absolute atomic E-state index is 0.104. The van der Waals surface area contributed by atoms with Gasteiger partial charge in [-0.05, 0) is 23.0 Å². The largest absolute Gasteiger partial charge is 0.489 e. The maximum atomic E-state index is 6.06. The van der Waals surface area contributed by atoms with E-state index < -0.39 is 0 Å². The fourth-order valence-corrected chi connectivity index (χ4v) is 2.17. The Kier molecular flexibility index (Phi) is 4.49. The molecule has 0 radical (unpaired) electrons. The van der Waals surface area contributed by atoms with E-state index in [4.69, 9.17) is 4.74 Å². The summed E-state index contributed by atoms with van der Waals surface area (Å²) in [5, 5.41) is 0. The molecule has 0 unspecified atom stereocenters. The molecular formula is C19H24O. The quantitative estimate of drug-likeness (QED) is 0.724. The van der Waals surface area contributed by atoms with Gasteiger partial charge >= 0.3 is 0 Å². The fraction of sp³-hybridized carbons (Fsp3) is 0.368. The van der Waals surface area contributed by atoms with Crippen molar-refractivity contribution >= 4 is 0 Å². The van der Waals surface area contributed by atoms with E-state index in [0.29, 0.717) is 12.5 Å². The minimum atomic E-state index is 0.104. The van der Waals surface area contributed by atoms with Crippen LogP contribution in [0.4, 0.5) is 0 Å². The van der Waals surface area contributed by atoms with Crippen LogP contribution >= 0.6 is 0 Å². The lowest BCUT2D eigenvalue weighted by molar-refractivity contribution is 0.284. The van der Waals surface area contributed by atoms with E-state index in [1.807, 2.05) is 24.3 Å². The molecule has 0 N–H and O–H groups in total. The molecule has 0 saturated carbocycles. The maximum absolute atomic E-state index is 6.06. The Morgan fingerprint density at radius 1 is 0.900 bits per heavy atom. The number of benzene rings is 2. The average molecular weight is 268 g/mol. The number of hydrogen-bond donors (Lipinski definition) is 0. The molecule has 1 nitrogen and oxygen atoms in total. The third-order valence-electron chi connectivity index (χ3n) is 4.26. The summed E-state index contributed by atoms with van der Waals surface area (Å²) in [6.45, 7) is 9.69. The fourth-order valence-electron chi connectivity index (χ4n) is 2.17. The summed E-state index contributed by atoms with van der Waals surface area (Å²) in [5.74, 6) is 1.55. The average Bonchev–Trinajstić information content (AvgIpc) is 2.46. The second-order valence-corrected chi connectivity index (χ2v) is 6.15. The summed E-state index contributed by atoms with van der Waals surface area (Å²) in [5.41, 5.74) is 2.59. The Morgan fingerprint density at radius 2 is 1.50 bits per heavy atom. The summed E-state index contributed by atoms with van der Waals surface area (Å²) in [7, 11) is 0. The van der Waals surface area contributed by atoms with Gasteiger partial charge < -0.3 is 4.74 Å². The van der Waals surface area contributed by atoms with Gasteiger partial charge in [-0.1, -0.05) is 76.2 Å². The molecule has 20 heavy (non-hydrogen) atoms. The summed E-state index contributed by atoms with van der Waals surface area (Å²) in [6.07, 6.45) is 0. The van der Waals surface area contributed by atoms with E-state index in [-0.39, 0.29) is 5.41 Å². The highest BCUT2D eigenvalue weighted by atomic mass is 16.5. The minimum Gasteiger partial charge on any atom is -0.489 e. The van der Waals surface area contributed by atoms with Crippen molar-refractivity contribution in [3.63, 3.8) is 0 Å². The molecule has 106 valence electrons. The van der Waals surface area contributed by atoms with E-state index in [0.717, 1.165) is 5.75 Å². The van der Waals surface area contributed by atoms with Crippen LogP contribution in [0.5, 0.6) is 5.75 Å². The second kappa shape index (κ2) is 6.13. The van der Waals surface area contributed by atoms with Crippen molar-refractivity contribution < 1.29 is 4.74 Å². The van der Waals surface area contributed by atoms with Crippen LogP contribution in [0.3, 0.4) is 0 Å². The molecule has 0 spiro atoms. The van der Waals surface area contributed by atoms with Crippen LogP contribution in [0.2, 0.25) is 0 Å². The number of para-hydroxylation sites is 1. The van der Waals surface area contributed by atoms with E-state index in [2.05, 4.69) is 58.0 Å². The first-order valence-corrected chi connectivity index (χ1v) is 7.28. The Balaban J connectivity index is 2.21. The summed E-state index contributed by atoms with van der Waals surface area (Å²) >= 11 is 0. The van der Waals surface area contributed by atoms with Gasteiger partial charge in [0.05, 0.1) is 0 Å². The van der Waals surface area contributed by atoms with Crippen molar-refractivity contribution in [1.82, 2.24) is 0 Å². The van der Waals surface area contributed by atoms with Gasteiger partial charge in [0.2, 0.25) is 0 Å². The molecule has 0 heterocycles. The normalized spacial score (nSPS) is 11.7. The monoisotopic (exact) mass is 268 g/mol. The van der Waals surface area contributed by atoms with Gasteiger partial charge in [0.25, 0.3) is 0 Å². The van der Waals surface area contributed by atoms with Crippen LogP contribution in [0.1, 0.15) is 38.8 Å². The van der Waals surface area contributed by atoms with Crippen molar-refractivity contribution in [2.75, 3.05) is 0 Å². The molecule has 2 aromatic carbocycles. The number of hydrogen-bond acceptors (Lipinski definition) is 1. The van der Waals surface area contributed by atoms with Crippen molar-refractivity contribution in [3.05, 3.63) is 65.7 Å². The maximum Gasteiger partial charge on any atom is 0.123 e. The molecule has 2 aromatic rings. The summed E-state index contributed by atoms with van der Waals surface area (Å²) in [4.78, 5) is 0. The van der Waals surface area contributed by atoms with Crippen molar-refractivity contribution in [3.8, 4) is 5.75 Å². The highest BCUT2D eigenvalue weighted by molar-refractivity contribution is 5.39. The van der Waals surface area contributed by atoms with Gasteiger partial charge in [-0.2, -0.15) is 0 Å². The molecule has 0 saturated heterocycles. The topological polar surface area (TPSA) is 9.23 Å². The predicted octanol–water partition coefficient (Wildman–Crippen LogP) is 5.20. The molecule has 0 aromatic heterocycles. The second-order valence-electron chi connectivity index (χ2n) is 6.15. The molecule has 0 aliphatic heterocycles. The Hall–Kier alpha value is -1.76. The van der Waals surface area contributed by atoms with E-state index in [1.165, 1.54) is 11.1 Å². The Labute approximate surface area is 122 Å². The van der Waals surface area contributed by atoms with Crippen molar-refractivity contribution in [2.45, 2.75) is 39.7 Å². The smallest absolute Gasteiger partial charge is 0.123 e.